The molecule has 2 aromatic carbocycles. The van der Waals surface area contributed by atoms with Crippen molar-refractivity contribution in [3.05, 3.63) is 83.2 Å². The molecule has 0 saturated carbocycles. The third-order valence-electron chi connectivity index (χ3n) is 6.66. The van der Waals surface area contributed by atoms with E-state index in [2.05, 4.69) is 5.32 Å². The van der Waals surface area contributed by atoms with Gasteiger partial charge in [-0.1, -0.05) is 36.2 Å². The third-order valence-corrected chi connectivity index (χ3v) is 9.02. The molecule has 0 radical (unpaired) electrons. The zero-order valence-corrected chi connectivity index (χ0v) is 24.1. The Morgan fingerprint density at radius 3 is 2.58 bits per heavy atom. The van der Waals surface area contributed by atoms with Crippen LogP contribution >= 0.6 is 11.6 Å². The lowest BCUT2D eigenvalue weighted by atomic mass is 10.0. The lowest BCUT2D eigenvalue weighted by molar-refractivity contribution is -0.130. The van der Waals surface area contributed by atoms with Crippen LogP contribution in [0.25, 0.3) is 0 Å². The zero-order valence-electron chi connectivity index (χ0n) is 22.5. The van der Waals surface area contributed by atoms with Crippen LogP contribution < -0.4 is 15.8 Å². The minimum Gasteiger partial charge on any atom is -0.493 e. The number of rotatable bonds is 15. The number of alkyl halides is 1. The number of carbonyl (C=O) groups excluding carboxylic acids is 1. The van der Waals surface area contributed by atoms with Crippen LogP contribution in [0.3, 0.4) is 0 Å². The first-order valence-electron chi connectivity index (χ1n) is 13.2. The molecule has 1 amide bonds. The number of hydrogen-bond acceptors (Lipinski definition) is 6. The summed E-state index contributed by atoms with van der Waals surface area (Å²) in [7, 11) is -2.80. The number of benzene rings is 2. The van der Waals surface area contributed by atoms with Gasteiger partial charge >= 0.3 is 0 Å². The van der Waals surface area contributed by atoms with E-state index in [0.717, 1.165) is 37.5 Å². The molecule has 0 fully saturated rings. The molecule has 0 aliphatic heterocycles. The molecule has 0 aromatic heterocycles. The van der Waals surface area contributed by atoms with E-state index in [4.69, 9.17) is 22.1 Å². The smallest absolute Gasteiger partial charge is 0.252 e. The number of unbranched alkanes of at least 4 members (excludes halogenated alkanes) is 2. The Bertz CT molecular complexity index is 1300. The fourth-order valence-corrected chi connectivity index (χ4v) is 6.00. The summed E-state index contributed by atoms with van der Waals surface area (Å²) >= 11 is 5.86. The van der Waals surface area contributed by atoms with Gasteiger partial charge in [-0.25, -0.2) is 17.2 Å². The summed E-state index contributed by atoms with van der Waals surface area (Å²) in [5.41, 5.74) is 6.12. The molecule has 1 aliphatic rings. The van der Waals surface area contributed by atoms with Gasteiger partial charge in [0.1, 0.15) is 11.6 Å². The lowest BCUT2D eigenvalue weighted by Gasteiger charge is -2.32. The van der Waals surface area contributed by atoms with Crippen molar-refractivity contribution in [1.29, 1.82) is 0 Å². The van der Waals surface area contributed by atoms with Crippen molar-refractivity contribution in [2.45, 2.75) is 54.6 Å². The van der Waals surface area contributed by atoms with E-state index in [1.165, 1.54) is 24.3 Å². The minimum atomic E-state index is -4.56. The van der Waals surface area contributed by atoms with Crippen LogP contribution in [0.1, 0.15) is 37.7 Å². The Morgan fingerprint density at radius 1 is 1.12 bits per heavy atom. The molecule has 2 atom stereocenters. The topological polar surface area (TPSA) is 102 Å². The van der Waals surface area contributed by atoms with Gasteiger partial charge in [0.15, 0.2) is 0 Å². The van der Waals surface area contributed by atoms with Gasteiger partial charge in [0, 0.05) is 37.1 Å². The predicted molar refractivity (Wildman–Crippen MR) is 153 cm³/mol. The van der Waals surface area contributed by atoms with Crippen molar-refractivity contribution >= 4 is 27.3 Å². The Labute approximate surface area is 239 Å². The average molecular weight is 596 g/mol. The SMILES string of the molecule is CN(CCCOc1ccccc1CNC1C=C(F)C=CC1(F)S(=O)(=O)c1ccc(Cl)cc1)C(=O)CCCCCN. The molecule has 2 unspecified atom stereocenters. The molecule has 0 saturated heterocycles. The van der Waals surface area contributed by atoms with Gasteiger partial charge in [0.2, 0.25) is 15.7 Å². The van der Waals surface area contributed by atoms with Gasteiger partial charge in [0.05, 0.1) is 17.5 Å². The summed E-state index contributed by atoms with van der Waals surface area (Å²) in [6, 6.07) is 10.7. The molecule has 0 heterocycles. The van der Waals surface area contributed by atoms with E-state index in [-0.39, 0.29) is 17.3 Å². The number of nitrogens with zero attached hydrogens (tertiary/aromatic N) is 1. The number of hydrogen-bond donors (Lipinski definition) is 2. The van der Waals surface area contributed by atoms with Gasteiger partial charge in [-0.05, 0) is 74.4 Å². The summed E-state index contributed by atoms with van der Waals surface area (Å²) in [5.74, 6) is -0.155. The molecule has 2 aromatic rings. The molecule has 3 rings (SSSR count). The van der Waals surface area contributed by atoms with E-state index in [0.29, 0.717) is 48.9 Å². The van der Waals surface area contributed by atoms with Crippen LogP contribution in [0.2, 0.25) is 5.02 Å². The minimum absolute atomic E-state index is 0.0153. The lowest BCUT2D eigenvalue weighted by Crippen LogP contribution is -2.51. The standard InChI is InChI=1S/C29H36ClF2N3O4S/c1-35(28(36)10-3-2-6-17-33)18-7-19-39-26-9-5-4-8-22(26)21-34-27-20-24(31)15-16-29(27,32)40(37,38)25-13-11-23(30)12-14-25/h4-5,8-9,11-16,20,27,34H,2-3,6-7,10,17-19,21,33H2,1H3. The second kappa shape index (κ2) is 14.7. The van der Waals surface area contributed by atoms with Crippen LogP contribution in [-0.2, 0) is 21.2 Å². The third kappa shape index (κ3) is 8.13. The zero-order chi connectivity index (χ0) is 29.2. The van der Waals surface area contributed by atoms with Gasteiger partial charge < -0.3 is 20.7 Å². The summed E-state index contributed by atoms with van der Waals surface area (Å²) in [4.78, 5) is 13.7. The first-order valence-corrected chi connectivity index (χ1v) is 15.1. The second-order valence-electron chi connectivity index (χ2n) is 9.62. The van der Waals surface area contributed by atoms with E-state index in [9.17, 15) is 17.6 Å². The van der Waals surface area contributed by atoms with Crippen molar-refractivity contribution in [1.82, 2.24) is 10.2 Å². The summed E-state index contributed by atoms with van der Waals surface area (Å²) in [6.45, 7) is 1.50. The largest absolute Gasteiger partial charge is 0.493 e. The highest BCUT2D eigenvalue weighted by Crippen LogP contribution is 2.37. The number of para-hydroxylation sites is 1. The highest BCUT2D eigenvalue weighted by atomic mass is 35.5. The Kier molecular flexibility index (Phi) is 11.7. The Hall–Kier alpha value is -2.79. The molecule has 11 heteroatoms. The molecule has 0 spiro atoms. The highest BCUT2D eigenvalue weighted by Gasteiger charge is 2.50. The fourth-order valence-electron chi connectivity index (χ4n) is 4.28. The molecule has 40 heavy (non-hydrogen) atoms. The van der Waals surface area contributed by atoms with E-state index in [1.807, 2.05) is 0 Å². The molecule has 0 bridgehead atoms. The quantitative estimate of drug-likeness (QED) is 0.278. The Morgan fingerprint density at radius 2 is 1.85 bits per heavy atom. The maximum atomic E-state index is 16.2. The van der Waals surface area contributed by atoms with E-state index in [1.54, 1.807) is 36.2 Å². The number of carbonyl (C=O) groups is 1. The number of sulfone groups is 1. The van der Waals surface area contributed by atoms with Crippen molar-refractivity contribution in [2.75, 3.05) is 26.7 Å². The van der Waals surface area contributed by atoms with E-state index >= 15 is 4.39 Å². The van der Waals surface area contributed by atoms with Crippen LogP contribution in [0.4, 0.5) is 8.78 Å². The number of nitrogens with two attached hydrogens (primary N) is 1. The van der Waals surface area contributed by atoms with Crippen LogP contribution in [0.15, 0.2) is 77.5 Å². The fraction of sp³-hybridized carbons (Fsp3) is 0.414. The summed E-state index contributed by atoms with van der Waals surface area (Å²) < 4.78 is 62.8. The van der Waals surface area contributed by atoms with Crippen molar-refractivity contribution in [2.24, 2.45) is 5.73 Å². The predicted octanol–water partition coefficient (Wildman–Crippen LogP) is 5.11. The molecule has 1 aliphatic carbocycles. The molecular formula is C29H36ClF2N3O4S. The van der Waals surface area contributed by atoms with Gasteiger partial charge in [-0.2, -0.15) is 0 Å². The number of amides is 1. The van der Waals surface area contributed by atoms with Gasteiger partial charge in [-0.3, -0.25) is 4.79 Å². The van der Waals surface area contributed by atoms with Crippen molar-refractivity contribution < 1.29 is 26.7 Å². The van der Waals surface area contributed by atoms with Crippen molar-refractivity contribution in [3.8, 4) is 5.75 Å². The number of allylic oxidation sites excluding steroid dienone is 2. The average Bonchev–Trinajstić information content (AvgIpc) is 2.94. The van der Waals surface area contributed by atoms with Crippen LogP contribution in [-0.4, -0.2) is 57.0 Å². The van der Waals surface area contributed by atoms with Gasteiger partial charge in [-0.15, -0.1) is 0 Å². The molecule has 218 valence electrons. The maximum Gasteiger partial charge on any atom is 0.252 e. The molecule has 7 nitrogen and oxygen atoms in total. The Balaban J connectivity index is 1.61. The normalized spacial score (nSPS) is 18.8. The monoisotopic (exact) mass is 595 g/mol. The highest BCUT2D eigenvalue weighted by molar-refractivity contribution is 7.93. The van der Waals surface area contributed by atoms with Gasteiger partial charge in [0.25, 0.3) is 5.00 Å². The molecule has 3 N–H and O–H groups in total. The van der Waals surface area contributed by atoms with E-state index < -0.39 is 26.7 Å². The second-order valence-corrected chi connectivity index (χ2v) is 12.2. The number of halogens is 3. The first kappa shape index (κ1) is 31.7. The summed E-state index contributed by atoms with van der Waals surface area (Å²) in [6.07, 6.45) is 6.19. The van der Waals surface area contributed by atoms with Crippen LogP contribution in [0, 0.1) is 0 Å². The van der Waals surface area contributed by atoms with Crippen molar-refractivity contribution in [3.63, 3.8) is 0 Å². The number of ether oxygens (including phenoxy) is 1. The van der Waals surface area contributed by atoms with Crippen LogP contribution in [0.5, 0.6) is 5.75 Å². The maximum absolute atomic E-state index is 16.2. The summed E-state index contributed by atoms with van der Waals surface area (Å²) in [5, 5.41) is 0.219. The first-order chi connectivity index (χ1) is 19.1. The molecular weight excluding hydrogens is 560 g/mol. The number of nitrogens with one attached hydrogen (secondary N) is 1.